The molecule has 1 aliphatic heterocycles. The van der Waals surface area contributed by atoms with E-state index in [0.29, 0.717) is 23.6 Å². The fraction of sp³-hybridized carbons (Fsp3) is 0.350. The maximum absolute atomic E-state index is 12.6. The summed E-state index contributed by atoms with van der Waals surface area (Å²) in [5, 5.41) is 2.93. The van der Waals surface area contributed by atoms with Gasteiger partial charge >= 0.3 is 0 Å². The van der Waals surface area contributed by atoms with Crippen LogP contribution in [0.2, 0.25) is 0 Å². The van der Waals surface area contributed by atoms with Crippen molar-refractivity contribution >= 4 is 27.3 Å². The fourth-order valence-corrected chi connectivity index (χ4v) is 4.69. The van der Waals surface area contributed by atoms with Crippen LogP contribution in [0.25, 0.3) is 0 Å². The molecule has 1 aliphatic rings. The lowest BCUT2D eigenvalue weighted by molar-refractivity contribution is 0.102. The molecule has 0 fully saturated rings. The van der Waals surface area contributed by atoms with Crippen molar-refractivity contribution in [2.45, 2.75) is 39.2 Å². The Labute approximate surface area is 155 Å². The van der Waals surface area contributed by atoms with Gasteiger partial charge < -0.3 is 5.32 Å². The van der Waals surface area contributed by atoms with Gasteiger partial charge in [0.2, 0.25) is 10.0 Å². The highest BCUT2D eigenvalue weighted by Crippen LogP contribution is 2.34. The molecule has 1 amide bonds. The van der Waals surface area contributed by atoms with E-state index in [1.165, 1.54) is 10.6 Å². The first kappa shape index (κ1) is 18.5. The SMILES string of the molecule is CC(C)c1cccc(NC(=O)c2ccc3c(c2)C[C@H](C)N3S(C)(=O)=O)c1. The van der Waals surface area contributed by atoms with Crippen LogP contribution in [-0.4, -0.2) is 26.6 Å². The summed E-state index contributed by atoms with van der Waals surface area (Å²) < 4.78 is 25.4. The molecule has 138 valence electrons. The van der Waals surface area contributed by atoms with Crippen molar-refractivity contribution < 1.29 is 13.2 Å². The molecule has 1 heterocycles. The molecule has 1 N–H and O–H groups in total. The molecule has 26 heavy (non-hydrogen) atoms. The highest BCUT2D eigenvalue weighted by atomic mass is 32.2. The fourth-order valence-electron chi connectivity index (χ4n) is 3.43. The number of hydrogen-bond acceptors (Lipinski definition) is 3. The zero-order chi connectivity index (χ0) is 19.1. The minimum absolute atomic E-state index is 0.138. The lowest BCUT2D eigenvalue weighted by Crippen LogP contribution is -2.34. The van der Waals surface area contributed by atoms with Crippen LogP contribution in [0.3, 0.4) is 0 Å². The molecule has 0 radical (unpaired) electrons. The topological polar surface area (TPSA) is 66.5 Å². The van der Waals surface area contributed by atoms with Crippen molar-refractivity contribution in [3.63, 3.8) is 0 Å². The summed E-state index contributed by atoms with van der Waals surface area (Å²) in [6, 6.07) is 12.9. The molecule has 0 saturated carbocycles. The number of carbonyl (C=O) groups is 1. The van der Waals surface area contributed by atoms with Gasteiger partial charge in [-0.1, -0.05) is 26.0 Å². The van der Waals surface area contributed by atoms with Crippen molar-refractivity contribution in [1.29, 1.82) is 0 Å². The molecular formula is C20H24N2O3S. The number of carbonyl (C=O) groups excluding carboxylic acids is 1. The summed E-state index contributed by atoms with van der Waals surface area (Å²) in [6.07, 6.45) is 1.81. The number of amides is 1. The molecule has 0 aliphatic carbocycles. The van der Waals surface area contributed by atoms with Crippen LogP contribution in [-0.2, 0) is 16.4 Å². The first-order valence-corrected chi connectivity index (χ1v) is 10.6. The summed E-state index contributed by atoms with van der Waals surface area (Å²) in [5.74, 6) is 0.189. The van der Waals surface area contributed by atoms with Crippen LogP contribution in [0.15, 0.2) is 42.5 Å². The molecule has 0 unspecified atom stereocenters. The van der Waals surface area contributed by atoms with Gasteiger partial charge in [0, 0.05) is 17.3 Å². The quantitative estimate of drug-likeness (QED) is 0.888. The third kappa shape index (κ3) is 3.60. The van der Waals surface area contributed by atoms with E-state index >= 15 is 0 Å². The maximum atomic E-state index is 12.6. The molecule has 0 bridgehead atoms. The van der Waals surface area contributed by atoms with Crippen LogP contribution in [0, 0.1) is 0 Å². The Bertz CT molecular complexity index is 951. The van der Waals surface area contributed by atoms with E-state index in [1.807, 2.05) is 31.2 Å². The predicted molar refractivity (Wildman–Crippen MR) is 105 cm³/mol. The summed E-state index contributed by atoms with van der Waals surface area (Å²) in [7, 11) is -3.33. The Hall–Kier alpha value is -2.34. The van der Waals surface area contributed by atoms with E-state index in [4.69, 9.17) is 0 Å². The standard InChI is InChI=1S/C20H24N2O3S/c1-13(2)15-6-5-7-18(12-15)21-20(23)16-8-9-19-17(11-16)10-14(3)22(19)26(4,24)25/h5-9,11-14H,10H2,1-4H3,(H,21,23)/t14-/m0/s1. The lowest BCUT2D eigenvalue weighted by atomic mass is 10.0. The number of rotatable bonds is 4. The third-order valence-corrected chi connectivity index (χ3v) is 5.93. The monoisotopic (exact) mass is 372 g/mol. The normalized spacial score (nSPS) is 16.7. The Morgan fingerprint density at radius 1 is 1.19 bits per heavy atom. The van der Waals surface area contributed by atoms with Crippen LogP contribution >= 0.6 is 0 Å². The van der Waals surface area contributed by atoms with Gasteiger partial charge in [-0.15, -0.1) is 0 Å². The van der Waals surface area contributed by atoms with E-state index in [9.17, 15) is 13.2 Å². The van der Waals surface area contributed by atoms with Crippen molar-refractivity contribution in [3.05, 3.63) is 59.2 Å². The van der Waals surface area contributed by atoms with Crippen LogP contribution in [0.5, 0.6) is 0 Å². The molecule has 2 aromatic carbocycles. The minimum atomic E-state index is -3.33. The Balaban J connectivity index is 1.85. The summed E-state index contributed by atoms with van der Waals surface area (Å²) in [5.41, 5.74) is 3.99. The first-order chi connectivity index (χ1) is 12.2. The average Bonchev–Trinajstić information content (AvgIpc) is 2.89. The maximum Gasteiger partial charge on any atom is 0.255 e. The Morgan fingerprint density at radius 2 is 1.92 bits per heavy atom. The van der Waals surface area contributed by atoms with Gasteiger partial charge in [-0.05, 0) is 60.7 Å². The zero-order valence-corrected chi connectivity index (χ0v) is 16.3. The second-order valence-corrected chi connectivity index (χ2v) is 9.05. The van der Waals surface area contributed by atoms with E-state index in [-0.39, 0.29) is 11.9 Å². The number of anilines is 2. The number of nitrogens with one attached hydrogen (secondary N) is 1. The van der Waals surface area contributed by atoms with Crippen molar-refractivity contribution in [2.75, 3.05) is 15.9 Å². The van der Waals surface area contributed by atoms with Crippen LogP contribution < -0.4 is 9.62 Å². The molecule has 1 atom stereocenters. The average molecular weight is 372 g/mol. The highest BCUT2D eigenvalue weighted by Gasteiger charge is 2.32. The second kappa shape index (κ2) is 6.76. The molecule has 0 saturated heterocycles. The predicted octanol–water partition coefficient (Wildman–Crippen LogP) is 3.77. The number of hydrogen-bond donors (Lipinski definition) is 1. The van der Waals surface area contributed by atoms with E-state index in [1.54, 1.807) is 18.2 Å². The number of fused-ring (bicyclic) bond motifs is 1. The lowest BCUT2D eigenvalue weighted by Gasteiger charge is -2.21. The molecule has 0 spiro atoms. The van der Waals surface area contributed by atoms with Gasteiger partial charge in [-0.2, -0.15) is 0 Å². The van der Waals surface area contributed by atoms with Gasteiger partial charge in [-0.3, -0.25) is 9.10 Å². The summed E-state index contributed by atoms with van der Waals surface area (Å²) in [4.78, 5) is 12.6. The molecule has 6 heteroatoms. The molecule has 2 aromatic rings. The van der Waals surface area contributed by atoms with Gasteiger partial charge in [0.05, 0.1) is 11.9 Å². The largest absolute Gasteiger partial charge is 0.322 e. The van der Waals surface area contributed by atoms with Gasteiger partial charge in [0.25, 0.3) is 5.91 Å². The van der Waals surface area contributed by atoms with E-state index in [2.05, 4.69) is 19.2 Å². The smallest absolute Gasteiger partial charge is 0.255 e. The van der Waals surface area contributed by atoms with Crippen LogP contribution in [0.4, 0.5) is 11.4 Å². The highest BCUT2D eigenvalue weighted by molar-refractivity contribution is 7.92. The zero-order valence-electron chi connectivity index (χ0n) is 15.5. The molecule has 5 nitrogen and oxygen atoms in total. The molecule has 0 aromatic heterocycles. The van der Waals surface area contributed by atoms with E-state index < -0.39 is 10.0 Å². The van der Waals surface area contributed by atoms with Crippen molar-refractivity contribution in [2.24, 2.45) is 0 Å². The number of nitrogens with zero attached hydrogens (tertiary/aromatic N) is 1. The second-order valence-electron chi connectivity index (χ2n) is 7.19. The first-order valence-electron chi connectivity index (χ1n) is 8.70. The summed E-state index contributed by atoms with van der Waals surface area (Å²) in [6.45, 7) is 6.09. The summed E-state index contributed by atoms with van der Waals surface area (Å²) >= 11 is 0. The number of benzene rings is 2. The number of sulfonamides is 1. The van der Waals surface area contributed by atoms with Crippen molar-refractivity contribution in [3.8, 4) is 0 Å². The minimum Gasteiger partial charge on any atom is -0.322 e. The van der Waals surface area contributed by atoms with E-state index in [0.717, 1.165) is 16.8 Å². The Kier molecular flexibility index (Phi) is 4.80. The Morgan fingerprint density at radius 3 is 2.58 bits per heavy atom. The van der Waals surface area contributed by atoms with Gasteiger partial charge in [-0.25, -0.2) is 8.42 Å². The van der Waals surface area contributed by atoms with Gasteiger partial charge in [0.1, 0.15) is 0 Å². The molecule has 3 rings (SSSR count). The molecular weight excluding hydrogens is 348 g/mol. The third-order valence-electron chi connectivity index (χ3n) is 4.66. The van der Waals surface area contributed by atoms with Gasteiger partial charge in [0.15, 0.2) is 0 Å². The van der Waals surface area contributed by atoms with Crippen LogP contribution in [0.1, 0.15) is 48.2 Å². The van der Waals surface area contributed by atoms with Crippen molar-refractivity contribution in [1.82, 2.24) is 0 Å².